The van der Waals surface area contributed by atoms with Crippen LogP contribution in [0.25, 0.3) is 176 Å². The van der Waals surface area contributed by atoms with Gasteiger partial charge in [-0.1, -0.05) is 152 Å². The highest BCUT2D eigenvalue weighted by Crippen LogP contribution is 2.47. The van der Waals surface area contributed by atoms with E-state index in [4.69, 9.17) is 0 Å². The van der Waals surface area contributed by atoms with Crippen LogP contribution in [0, 0.1) is 29.6 Å². The Balaban J connectivity index is 0.911. The number of fused-ring (bicyclic) bond motifs is 18. The molecule has 0 unspecified atom stereocenters. The van der Waals surface area contributed by atoms with E-state index in [1.165, 1.54) is 43.1 Å². The number of benzene rings is 14. The van der Waals surface area contributed by atoms with Crippen LogP contribution in [0.15, 0.2) is 297 Å². The number of aromatic nitrogens is 6. The van der Waals surface area contributed by atoms with Crippen LogP contribution in [0.4, 0.5) is 0 Å². The summed E-state index contributed by atoms with van der Waals surface area (Å²) < 4.78 is 14.3. The van der Waals surface area contributed by atoms with Gasteiger partial charge in [0.2, 0.25) is 0 Å². The second kappa shape index (κ2) is 19.9. The van der Waals surface area contributed by atoms with Gasteiger partial charge in [0.25, 0.3) is 0 Å². The predicted octanol–water partition coefficient (Wildman–Crippen LogP) is 22.0. The van der Waals surface area contributed by atoms with Crippen molar-refractivity contribution in [2.24, 2.45) is 0 Å². The van der Waals surface area contributed by atoms with Crippen LogP contribution in [0.1, 0.15) is 16.7 Å². The molecule has 6 heterocycles. The molecule has 0 N–H and O–H groups in total. The van der Waals surface area contributed by atoms with E-state index in [9.17, 15) is 10.5 Å². The first-order chi connectivity index (χ1) is 47.0. The molecule has 8 heteroatoms. The second-order valence-corrected chi connectivity index (χ2v) is 25.2. The Labute approximate surface area is 543 Å². The van der Waals surface area contributed by atoms with Crippen molar-refractivity contribution in [3.05, 3.63) is 314 Å². The molecule has 0 saturated carbocycles. The Morgan fingerprint density at radius 1 is 0.221 bits per heavy atom. The van der Waals surface area contributed by atoms with Gasteiger partial charge in [0, 0.05) is 92.9 Å². The summed E-state index contributed by atoms with van der Waals surface area (Å²) in [5.74, 6) is 0. The van der Waals surface area contributed by atoms with Crippen molar-refractivity contribution in [3.8, 4) is 57.4 Å². The molecule has 14 aromatic carbocycles. The van der Waals surface area contributed by atoms with Crippen LogP contribution in [0.2, 0.25) is 0 Å². The van der Waals surface area contributed by atoms with Gasteiger partial charge in [0.05, 0.1) is 101 Å². The minimum Gasteiger partial charge on any atom is -0.309 e. The monoisotopic (exact) mass is 1210 g/mol. The number of nitrogens with zero attached hydrogens (tertiary/aromatic N) is 8. The van der Waals surface area contributed by atoms with E-state index in [2.05, 4.69) is 332 Å². The van der Waals surface area contributed by atoms with Crippen molar-refractivity contribution in [3.63, 3.8) is 0 Å². The van der Waals surface area contributed by atoms with Gasteiger partial charge in [0.15, 0.2) is 0 Å². The number of aryl methyl sites for hydroxylation is 1. The second-order valence-electron chi connectivity index (χ2n) is 25.2. The molecule has 20 aromatic rings. The van der Waals surface area contributed by atoms with Gasteiger partial charge < -0.3 is 27.4 Å². The third-order valence-corrected chi connectivity index (χ3v) is 20.0. The van der Waals surface area contributed by atoms with E-state index >= 15 is 0 Å². The molecular weight excluding hydrogens is 1160 g/mol. The highest BCUT2D eigenvalue weighted by molar-refractivity contribution is 6.17. The van der Waals surface area contributed by atoms with Crippen molar-refractivity contribution in [2.45, 2.75) is 6.92 Å². The lowest BCUT2D eigenvalue weighted by Gasteiger charge is -2.21. The molecule has 95 heavy (non-hydrogen) atoms. The number of hydrogen-bond acceptors (Lipinski definition) is 2. The summed E-state index contributed by atoms with van der Waals surface area (Å²) in [4.78, 5) is 0. The fourth-order valence-electron chi connectivity index (χ4n) is 16.2. The van der Waals surface area contributed by atoms with Crippen LogP contribution >= 0.6 is 0 Å². The highest BCUT2D eigenvalue weighted by atomic mass is 15.1. The lowest BCUT2D eigenvalue weighted by molar-refractivity contribution is 1.12. The maximum Gasteiger partial charge on any atom is 0.0993 e. The van der Waals surface area contributed by atoms with E-state index in [0.717, 1.165) is 139 Å². The Morgan fingerprint density at radius 3 is 0.705 bits per heavy atom. The largest absolute Gasteiger partial charge is 0.309 e. The van der Waals surface area contributed by atoms with E-state index in [1.54, 1.807) is 0 Å². The molecule has 0 aliphatic rings. The zero-order chi connectivity index (χ0) is 62.7. The molecule has 8 nitrogen and oxygen atoms in total. The summed E-state index contributed by atoms with van der Waals surface area (Å²) in [6.07, 6.45) is 0. The van der Waals surface area contributed by atoms with Crippen LogP contribution in [0.3, 0.4) is 0 Å². The topological polar surface area (TPSA) is 77.2 Å². The SMILES string of the molecule is Cc1cc(C#N)cc(-c2c(-n3c4ccc(-n5c6ccccc6c6ccccc65)cc4c4cc(-n5c6ccccc6c6ccccc65)ccc43)cc(C#N)cc2-n2c3ccc(-n4c5ccccc5c5ccccc54)cc3c3cc(-n4c5ccccc5c5ccccc54)ccc32)c1. The predicted molar refractivity (Wildman–Crippen MR) is 392 cm³/mol. The van der Waals surface area contributed by atoms with Crippen LogP contribution in [-0.4, -0.2) is 27.4 Å². The zero-order valence-corrected chi connectivity index (χ0v) is 51.4. The average Bonchev–Trinajstić information content (AvgIpc) is 1.58. The molecule has 0 aliphatic heterocycles. The molecule has 0 spiro atoms. The van der Waals surface area contributed by atoms with Crippen molar-refractivity contribution in [2.75, 3.05) is 0 Å². The molecule has 0 fully saturated rings. The van der Waals surface area contributed by atoms with Crippen molar-refractivity contribution in [1.29, 1.82) is 10.5 Å². The number of hydrogen-bond donors (Lipinski definition) is 0. The van der Waals surface area contributed by atoms with E-state index < -0.39 is 0 Å². The van der Waals surface area contributed by atoms with Crippen LogP contribution < -0.4 is 0 Å². The highest BCUT2D eigenvalue weighted by Gasteiger charge is 2.27. The van der Waals surface area contributed by atoms with Gasteiger partial charge in [-0.25, -0.2) is 0 Å². The summed E-state index contributed by atoms with van der Waals surface area (Å²) in [6, 6.07) is 112. The Morgan fingerprint density at radius 2 is 0.453 bits per heavy atom. The Kier molecular flexibility index (Phi) is 11.0. The lowest BCUT2D eigenvalue weighted by Crippen LogP contribution is -2.06. The van der Waals surface area contributed by atoms with E-state index in [0.29, 0.717) is 11.1 Å². The number of nitriles is 2. The first kappa shape index (κ1) is 52.6. The first-order valence-electron chi connectivity index (χ1n) is 32.2. The standard InChI is InChI=1S/C87H52N8/c1-53-42-54(51-88)44-56(43-53)87-85(94-81-38-34-57(90-73-26-10-2-18-61(73)62-19-3-11-27-74(62)90)47-69(81)70-48-58(35-39-82(70)94)91-75-28-12-4-20-63(75)64-21-5-13-29-76(64)91)45-55(52-89)46-86(87)95-83-40-36-59(92-77-30-14-6-22-65(77)66-23-7-15-31-78(66)92)49-71(83)72-50-60(37-41-84(72)95)93-79-32-16-8-24-67(79)68-25-9-17-33-80(68)93/h2-50H,1H3. The maximum atomic E-state index is 11.7. The van der Waals surface area contributed by atoms with E-state index in [-0.39, 0.29) is 0 Å². The summed E-state index contributed by atoms with van der Waals surface area (Å²) >= 11 is 0. The maximum absolute atomic E-state index is 11.7. The third-order valence-electron chi connectivity index (χ3n) is 20.0. The van der Waals surface area contributed by atoms with Gasteiger partial charge in [-0.2, -0.15) is 10.5 Å². The van der Waals surface area contributed by atoms with Gasteiger partial charge in [0.1, 0.15) is 0 Å². The third kappa shape index (κ3) is 7.50. The van der Waals surface area contributed by atoms with E-state index in [1.807, 2.05) is 12.1 Å². The molecule has 0 radical (unpaired) electrons. The fraction of sp³-hybridized carbons (Fsp3) is 0.0115. The Hall–Kier alpha value is -13.1. The summed E-state index contributed by atoms with van der Waals surface area (Å²) in [6.45, 7) is 2.06. The molecule has 0 atom stereocenters. The molecule has 0 amide bonds. The smallest absolute Gasteiger partial charge is 0.0993 e. The number of para-hydroxylation sites is 8. The molecular formula is C87H52N8. The summed E-state index contributed by atoms with van der Waals surface area (Å²) in [5, 5.41) is 36.3. The van der Waals surface area contributed by atoms with Crippen LogP contribution in [-0.2, 0) is 0 Å². The van der Waals surface area contributed by atoms with Gasteiger partial charge in [-0.05, 0) is 164 Å². The zero-order valence-electron chi connectivity index (χ0n) is 51.4. The lowest BCUT2D eigenvalue weighted by atomic mass is 9.95. The average molecular weight is 1210 g/mol. The van der Waals surface area contributed by atoms with Gasteiger partial charge >= 0.3 is 0 Å². The minimum atomic E-state index is 0.490. The molecule has 0 aliphatic carbocycles. The van der Waals surface area contributed by atoms with Gasteiger partial charge in [-0.3, -0.25) is 0 Å². The summed E-state index contributed by atoms with van der Waals surface area (Å²) in [5.41, 5.74) is 22.3. The molecule has 6 aromatic heterocycles. The number of rotatable bonds is 7. The fourth-order valence-corrected chi connectivity index (χ4v) is 16.2. The molecule has 440 valence electrons. The van der Waals surface area contributed by atoms with Crippen LogP contribution in [0.5, 0.6) is 0 Å². The molecule has 0 bridgehead atoms. The van der Waals surface area contributed by atoms with Crippen molar-refractivity contribution >= 4 is 131 Å². The minimum absolute atomic E-state index is 0.490. The van der Waals surface area contributed by atoms with Gasteiger partial charge in [-0.15, -0.1) is 0 Å². The summed E-state index contributed by atoms with van der Waals surface area (Å²) in [7, 11) is 0. The quantitative estimate of drug-likeness (QED) is 0.159. The molecule has 20 rings (SSSR count). The van der Waals surface area contributed by atoms with Crippen molar-refractivity contribution < 1.29 is 0 Å². The van der Waals surface area contributed by atoms with Crippen molar-refractivity contribution in [1.82, 2.24) is 27.4 Å². The Bertz CT molecular complexity index is 5910. The normalized spacial score (nSPS) is 12.0. The molecule has 0 saturated heterocycles. The first-order valence-corrected chi connectivity index (χ1v) is 32.2.